The van der Waals surface area contributed by atoms with Crippen LogP contribution in [0, 0.1) is 5.92 Å². The van der Waals surface area contributed by atoms with Gasteiger partial charge in [0.2, 0.25) is 0 Å². The van der Waals surface area contributed by atoms with E-state index in [1.165, 1.54) is 12.0 Å². The van der Waals surface area contributed by atoms with Gasteiger partial charge >= 0.3 is 5.97 Å². The number of likely N-dealkylation sites (tertiary alicyclic amines) is 1. The Morgan fingerprint density at radius 3 is 2.82 bits per heavy atom. The Kier molecular flexibility index (Phi) is 4.15. The van der Waals surface area contributed by atoms with Gasteiger partial charge in [0, 0.05) is 13.1 Å². The van der Waals surface area contributed by atoms with Gasteiger partial charge in [0.15, 0.2) is 0 Å². The molecule has 3 heteroatoms. The quantitative estimate of drug-likeness (QED) is 0.846. The third-order valence-corrected chi connectivity index (χ3v) is 3.38. The summed E-state index contributed by atoms with van der Waals surface area (Å²) in [6.45, 7) is 2.79. The van der Waals surface area contributed by atoms with Crippen molar-refractivity contribution >= 4 is 5.97 Å². The van der Waals surface area contributed by atoms with Crippen LogP contribution in [0.4, 0.5) is 0 Å². The molecule has 0 bridgehead atoms. The molecule has 0 spiro atoms. The van der Waals surface area contributed by atoms with Crippen LogP contribution < -0.4 is 0 Å². The van der Waals surface area contributed by atoms with Crippen molar-refractivity contribution in [2.45, 2.75) is 19.3 Å². The second kappa shape index (κ2) is 5.82. The Labute approximate surface area is 102 Å². The van der Waals surface area contributed by atoms with E-state index in [1.54, 1.807) is 0 Å². The minimum Gasteiger partial charge on any atom is -0.481 e. The lowest BCUT2D eigenvalue weighted by Crippen LogP contribution is -2.24. The molecule has 1 aliphatic heterocycles. The van der Waals surface area contributed by atoms with E-state index in [0.717, 1.165) is 19.5 Å². The van der Waals surface area contributed by atoms with Gasteiger partial charge in [-0.15, -0.1) is 0 Å². The van der Waals surface area contributed by atoms with E-state index in [1.807, 2.05) is 6.07 Å². The number of carbonyl (C=O) groups is 1. The molecule has 1 aromatic carbocycles. The molecule has 0 saturated carbocycles. The molecule has 1 atom stereocenters. The highest BCUT2D eigenvalue weighted by atomic mass is 16.4. The van der Waals surface area contributed by atoms with Crippen LogP contribution in [-0.4, -0.2) is 35.6 Å². The highest BCUT2D eigenvalue weighted by molar-refractivity contribution is 5.66. The predicted octanol–water partition coefficient (Wildman–Crippen LogP) is 2.03. The topological polar surface area (TPSA) is 40.5 Å². The zero-order valence-electron chi connectivity index (χ0n) is 10.0. The van der Waals surface area contributed by atoms with Crippen LogP contribution in [0.25, 0.3) is 0 Å². The zero-order chi connectivity index (χ0) is 12.1. The van der Waals surface area contributed by atoms with E-state index in [9.17, 15) is 4.79 Å². The molecular formula is C14H19NO2. The second-order valence-corrected chi connectivity index (χ2v) is 4.79. The average molecular weight is 233 g/mol. The number of aliphatic carboxylic acids is 1. The van der Waals surface area contributed by atoms with Crippen molar-refractivity contribution in [1.82, 2.24) is 4.90 Å². The van der Waals surface area contributed by atoms with E-state index in [2.05, 4.69) is 29.2 Å². The van der Waals surface area contributed by atoms with Crippen LogP contribution >= 0.6 is 0 Å². The van der Waals surface area contributed by atoms with Gasteiger partial charge in [-0.3, -0.25) is 4.79 Å². The van der Waals surface area contributed by atoms with Gasteiger partial charge in [-0.2, -0.15) is 0 Å². The third-order valence-electron chi connectivity index (χ3n) is 3.38. The van der Waals surface area contributed by atoms with Crippen LogP contribution in [0.2, 0.25) is 0 Å². The van der Waals surface area contributed by atoms with Gasteiger partial charge < -0.3 is 10.0 Å². The van der Waals surface area contributed by atoms with E-state index in [0.29, 0.717) is 12.5 Å². The van der Waals surface area contributed by atoms with Crippen molar-refractivity contribution in [2.75, 3.05) is 19.6 Å². The summed E-state index contributed by atoms with van der Waals surface area (Å²) in [6.07, 6.45) is 2.57. The van der Waals surface area contributed by atoms with Crippen LogP contribution in [0.5, 0.6) is 0 Å². The molecule has 0 aromatic heterocycles. The molecule has 1 fully saturated rings. The summed E-state index contributed by atoms with van der Waals surface area (Å²) in [7, 11) is 0. The molecule has 1 saturated heterocycles. The smallest absolute Gasteiger partial charge is 0.304 e. The molecular weight excluding hydrogens is 214 g/mol. The maximum Gasteiger partial charge on any atom is 0.304 e. The number of rotatable bonds is 5. The van der Waals surface area contributed by atoms with Gasteiger partial charge in [0.1, 0.15) is 0 Å². The fraction of sp³-hybridized carbons (Fsp3) is 0.500. The largest absolute Gasteiger partial charge is 0.481 e. The Morgan fingerprint density at radius 2 is 2.12 bits per heavy atom. The summed E-state index contributed by atoms with van der Waals surface area (Å²) in [6, 6.07) is 10.5. The maximum absolute atomic E-state index is 10.5. The van der Waals surface area contributed by atoms with E-state index in [-0.39, 0.29) is 6.42 Å². The predicted molar refractivity (Wildman–Crippen MR) is 66.9 cm³/mol. The maximum atomic E-state index is 10.5. The number of hydrogen-bond donors (Lipinski definition) is 1. The zero-order valence-corrected chi connectivity index (χ0v) is 10.0. The monoisotopic (exact) mass is 233 g/mol. The van der Waals surface area contributed by atoms with Crippen LogP contribution in [0.15, 0.2) is 30.3 Å². The molecule has 2 rings (SSSR count). The van der Waals surface area contributed by atoms with Crippen molar-refractivity contribution in [3.63, 3.8) is 0 Å². The number of carboxylic acid groups (broad SMARTS) is 1. The molecule has 0 unspecified atom stereocenters. The standard InChI is InChI=1S/C14H19NO2/c16-14(17)7-9-15-8-6-13(11-15)10-12-4-2-1-3-5-12/h1-5,13H,6-11H2,(H,16,17)/t13-/m0/s1. The summed E-state index contributed by atoms with van der Waals surface area (Å²) in [5.41, 5.74) is 1.39. The lowest BCUT2D eigenvalue weighted by atomic mass is 9.99. The average Bonchev–Trinajstić information content (AvgIpc) is 2.75. The number of nitrogens with zero attached hydrogens (tertiary/aromatic N) is 1. The number of hydrogen-bond acceptors (Lipinski definition) is 2. The lowest BCUT2D eigenvalue weighted by Gasteiger charge is -2.14. The third kappa shape index (κ3) is 3.86. The first-order valence-corrected chi connectivity index (χ1v) is 6.22. The first kappa shape index (κ1) is 12.1. The Hall–Kier alpha value is -1.35. The minimum atomic E-state index is -0.698. The highest BCUT2D eigenvalue weighted by Gasteiger charge is 2.22. The number of carboxylic acids is 1. The Balaban J connectivity index is 1.76. The Morgan fingerprint density at radius 1 is 1.35 bits per heavy atom. The molecule has 0 amide bonds. The van der Waals surface area contributed by atoms with Gasteiger partial charge in [-0.05, 0) is 30.9 Å². The van der Waals surface area contributed by atoms with Crippen LogP contribution in [0.1, 0.15) is 18.4 Å². The van der Waals surface area contributed by atoms with Crippen molar-refractivity contribution in [1.29, 1.82) is 0 Å². The first-order valence-electron chi connectivity index (χ1n) is 6.22. The molecule has 17 heavy (non-hydrogen) atoms. The van der Waals surface area contributed by atoms with Gasteiger partial charge in [0.05, 0.1) is 6.42 Å². The number of benzene rings is 1. The molecule has 3 nitrogen and oxygen atoms in total. The van der Waals surface area contributed by atoms with Gasteiger partial charge in [-0.25, -0.2) is 0 Å². The normalized spacial score (nSPS) is 20.6. The summed E-state index contributed by atoms with van der Waals surface area (Å²) >= 11 is 0. The fourth-order valence-corrected chi connectivity index (χ4v) is 2.48. The minimum absolute atomic E-state index is 0.262. The highest BCUT2D eigenvalue weighted by Crippen LogP contribution is 2.20. The lowest BCUT2D eigenvalue weighted by molar-refractivity contribution is -0.137. The Bertz CT molecular complexity index is 364. The molecule has 1 heterocycles. The summed E-state index contributed by atoms with van der Waals surface area (Å²) in [5, 5.41) is 8.65. The van der Waals surface area contributed by atoms with Gasteiger partial charge in [-0.1, -0.05) is 30.3 Å². The molecule has 0 radical (unpaired) electrons. The second-order valence-electron chi connectivity index (χ2n) is 4.79. The molecule has 92 valence electrons. The van der Waals surface area contributed by atoms with Gasteiger partial charge in [0.25, 0.3) is 0 Å². The molecule has 1 aromatic rings. The van der Waals surface area contributed by atoms with Crippen molar-refractivity contribution < 1.29 is 9.90 Å². The fourth-order valence-electron chi connectivity index (χ4n) is 2.48. The van der Waals surface area contributed by atoms with E-state index < -0.39 is 5.97 Å². The molecule has 0 aliphatic carbocycles. The van der Waals surface area contributed by atoms with Crippen molar-refractivity contribution in [2.24, 2.45) is 5.92 Å². The molecule has 1 aliphatic rings. The van der Waals surface area contributed by atoms with Crippen molar-refractivity contribution in [3.05, 3.63) is 35.9 Å². The summed E-state index contributed by atoms with van der Waals surface area (Å²) < 4.78 is 0. The van der Waals surface area contributed by atoms with E-state index >= 15 is 0 Å². The van der Waals surface area contributed by atoms with Crippen LogP contribution in [0.3, 0.4) is 0 Å². The van der Waals surface area contributed by atoms with Crippen molar-refractivity contribution in [3.8, 4) is 0 Å². The summed E-state index contributed by atoms with van der Waals surface area (Å²) in [5.74, 6) is -0.0114. The molecule has 1 N–H and O–H groups in total. The van der Waals surface area contributed by atoms with Crippen LogP contribution in [-0.2, 0) is 11.2 Å². The SMILES string of the molecule is O=C(O)CCN1CC[C@@H](Cc2ccccc2)C1. The summed E-state index contributed by atoms with van der Waals surface area (Å²) in [4.78, 5) is 12.8. The van der Waals surface area contributed by atoms with E-state index in [4.69, 9.17) is 5.11 Å². The first-order chi connectivity index (χ1) is 8.24.